The van der Waals surface area contributed by atoms with Gasteiger partial charge in [-0.3, -0.25) is 14.4 Å². The van der Waals surface area contributed by atoms with Crippen LogP contribution in [0.1, 0.15) is 24.2 Å². The standard InChI is InChI=1S/C14H19N3O4/c1-3-16-14(20)9(2)17-12(18)8-21-11-6-4-10(5-7-11)13(15)19/h4-7,9H,3,8H2,1-2H3,(H2,15,19)(H,16,20)(H,17,18)/t9-/m0/s1. The normalized spacial score (nSPS) is 11.3. The number of primary amides is 1. The largest absolute Gasteiger partial charge is 0.484 e. The van der Waals surface area contributed by atoms with E-state index in [1.165, 1.54) is 12.1 Å². The summed E-state index contributed by atoms with van der Waals surface area (Å²) >= 11 is 0. The number of benzene rings is 1. The van der Waals surface area contributed by atoms with Crippen LogP contribution < -0.4 is 21.1 Å². The number of nitrogens with two attached hydrogens (primary N) is 1. The minimum Gasteiger partial charge on any atom is -0.484 e. The summed E-state index contributed by atoms with van der Waals surface area (Å²) in [5, 5.41) is 5.12. The molecular weight excluding hydrogens is 274 g/mol. The van der Waals surface area contributed by atoms with Gasteiger partial charge in [-0.15, -0.1) is 0 Å². The monoisotopic (exact) mass is 293 g/mol. The fraction of sp³-hybridized carbons (Fsp3) is 0.357. The topological polar surface area (TPSA) is 111 Å². The highest BCUT2D eigenvalue weighted by molar-refractivity contribution is 5.92. The first-order valence-electron chi connectivity index (χ1n) is 6.53. The van der Waals surface area contributed by atoms with Crippen molar-refractivity contribution < 1.29 is 19.1 Å². The fourth-order valence-electron chi connectivity index (χ4n) is 1.54. The molecule has 21 heavy (non-hydrogen) atoms. The highest BCUT2D eigenvalue weighted by Gasteiger charge is 2.14. The lowest BCUT2D eigenvalue weighted by molar-refractivity contribution is -0.129. The molecule has 0 radical (unpaired) electrons. The van der Waals surface area contributed by atoms with E-state index in [9.17, 15) is 14.4 Å². The molecule has 0 aromatic heterocycles. The number of hydrogen-bond donors (Lipinski definition) is 3. The van der Waals surface area contributed by atoms with Crippen molar-refractivity contribution in [3.05, 3.63) is 29.8 Å². The molecule has 0 saturated heterocycles. The van der Waals surface area contributed by atoms with Gasteiger partial charge >= 0.3 is 0 Å². The second kappa shape index (κ2) is 7.88. The molecule has 1 aromatic carbocycles. The summed E-state index contributed by atoms with van der Waals surface area (Å²) in [6.45, 7) is 3.66. The van der Waals surface area contributed by atoms with E-state index in [2.05, 4.69) is 10.6 Å². The summed E-state index contributed by atoms with van der Waals surface area (Å²) < 4.78 is 5.25. The number of amides is 3. The molecule has 0 aliphatic rings. The van der Waals surface area contributed by atoms with E-state index in [1.807, 2.05) is 0 Å². The van der Waals surface area contributed by atoms with Crippen LogP contribution in [-0.2, 0) is 9.59 Å². The molecule has 114 valence electrons. The number of rotatable bonds is 7. The molecule has 0 saturated carbocycles. The zero-order chi connectivity index (χ0) is 15.8. The Balaban J connectivity index is 2.42. The molecule has 0 aliphatic carbocycles. The number of carbonyl (C=O) groups excluding carboxylic acids is 3. The van der Waals surface area contributed by atoms with Crippen molar-refractivity contribution in [2.24, 2.45) is 5.73 Å². The van der Waals surface area contributed by atoms with Crippen LogP contribution in [0.15, 0.2) is 24.3 Å². The van der Waals surface area contributed by atoms with E-state index >= 15 is 0 Å². The van der Waals surface area contributed by atoms with Gasteiger partial charge in [-0.25, -0.2) is 0 Å². The second-order valence-electron chi connectivity index (χ2n) is 4.36. The van der Waals surface area contributed by atoms with Gasteiger partial charge in [-0.1, -0.05) is 0 Å². The first kappa shape index (κ1) is 16.5. The third kappa shape index (κ3) is 5.52. The van der Waals surface area contributed by atoms with E-state index in [-0.39, 0.29) is 12.5 Å². The molecule has 1 atom stereocenters. The SMILES string of the molecule is CCNC(=O)[C@H](C)NC(=O)COc1ccc(C(N)=O)cc1. The van der Waals surface area contributed by atoms with Gasteiger partial charge < -0.3 is 21.1 Å². The van der Waals surface area contributed by atoms with Gasteiger partial charge in [-0.05, 0) is 38.1 Å². The number of ether oxygens (including phenoxy) is 1. The summed E-state index contributed by atoms with van der Waals surface area (Å²) in [5.74, 6) is -0.764. The lowest BCUT2D eigenvalue weighted by Crippen LogP contribution is -2.46. The van der Waals surface area contributed by atoms with Crippen LogP contribution in [0.3, 0.4) is 0 Å². The molecule has 0 unspecified atom stereocenters. The van der Waals surface area contributed by atoms with E-state index in [1.54, 1.807) is 26.0 Å². The third-order valence-corrected chi connectivity index (χ3v) is 2.63. The van der Waals surface area contributed by atoms with Crippen molar-refractivity contribution in [2.45, 2.75) is 19.9 Å². The Morgan fingerprint density at radius 2 is 1.86 bits per heavy atom. The Morgan fingerprint density at radius 3 is 2.38 bits per heavy atom. The van der Waals surface area contributed by atoms with Crippen molar-refractivity contribution in [1.29, 1.82) is 0 Å². The van der Waals surface area contributed by atoms with Crippen molar-refractivity contribution in [2.75, 3.05) is 13.2 Å². The minimum atomic E-state index is -0.627. The predicted molar refractivity (Wildman–Crippen MR) is 76.7 cm³/mol. The zero-order valence-electron chi connectivity index (χ0n) is 12.0. The Kier molecular flexibility index (Phi) is 6.19. The van der Waals surface area contributed by atoms with Gasteiger partial charge in [0.1, 0.15) is 11.8 Å². The third-order valence-electron chi connectivity index (χ3n) is 2.63. The summed E-state index contributed by atoms with van der Waals surface area (Å²) in [6.07, 6.45) is 0. The van der Waals surface area contributed by atoms with Crippen LogP contribution >= 0.6 is 0 Å². The van der Waals surface area contributed by atoms with Crippen molar-refractivity contribution >= 4 is 17.7 Å². The van der Waals surface area contributed by atoms with Crippen molar-refractivity contribution in [3.63, 3.8) is 0 Å². The average Bonchev–Trinajstić information content (AvgIpc) is 2.45. The zero-order valence-corrected chi connectivity index (χ0v) is 12.0. The van der Waals surface area contributed by atoms with Crippen LogP contribution in [0.5, 0.6) is 5.75 Å². The first-order chi connectivity index (χ1) is 9.93. The molecule has 4 N–H and O–H groups in total. The lowest BCUT2D eigenvalue weighted by Gasteiger charge is -2.13. The number of nitrogens with one attached hydrogen (secondary N) is 2. The molecule has 3 amide bonds. The van der Waals surface area contributed by atoms with E-state index in [0.717, 1.165) is 0 Å². The summed E-state index contributed by atoms with van der Waals surface area (Å²) in [6, 6.07) is 5.47. The molecule has 7 nitrogen and oxygen atoms in total. The number of hydrogen-bond acceptors (Lipinski definition) is 4. The minimum absolute atomic E-state index is 0.223. The molecular formula is C14H19N3O4. The van der Waals surface area contributed by atoms with Crippen LogP contribution in [-0.4, -0.2) is 36.9 Å². The first-order valence-corrected chi connectivity index (χ1v) is 6.53. The number of likely N-dealkylation sites (N-methyl/N-ethyl adjacent to an activating group) is 1. The van der Waals surface area contributed by atoms with Crippen LogP contribution in [0, 0.1) is 0 Å². The van der Waals surface area contributed by atoms with Crippen LogP contribution in [0.2, 0.25) is 0 Å². The van der Waals surface area contributed by atoms with E-state index in [4.69, 9.17) is 10.5 Å². The van der Waals surface area contributed by atoms with Gasteiger partial charge in [0.15, 0.2) is 6.61 Å². The summed E-state index contributed by atoms with van der Waals surface area (Å²) in [4.78, 5) is 34.0. The predicted octanol–water partition coefficient (Wildman–Crippen LogP) is -0.195. The van der Waals surface area contributed by atoms with Gasteiger partial charge in [0.05, 0.1) is 0 Å². The van der Waals surface area contributed by atoms with E-state index < -0.39 is 17.9 Å². The maximum Gasteiger partial charge on any atom is 0.258 e. The quantitative estimate of drug-likeness (QED) is 0.646. The Bertz CT molecular complexity index is 513. The molecule has 0 bridgehead atoms. The fourth-order valence-corrected chi connectivity index (χ4v) is 1.54. The molecule has 0 aliphatic heterocycles. The molecule has 0 heterocycles. The highest BCUT2D eigenvalue weighted by atomic mass is 16.5. The molecule has 1 aromatic rings. The number of carbonyl (C=O) groups is 3. The maximum absolute atomic E-state index is 11.6. The Hall–Kier alpha value is -2.57. The second-order valence-corrected chi connectivity index (χ2v) is 4.36. The lowest BCUT2D eigenvalue weighted by atomic mass is 10.2. The van der Waals surface area contributed by atoms with Gasteiger partial charge in [0.2, 0.25) is 11.8 Å². The molecule has 7 heteroatoms. The highest BCUT2D eigenvalue weighted by Crippen LogP contribution is 2.11. The average molecular weight is 293 g/mol. The summed E-state index contributed by atoms with van der Waals surface area (Å²) in [5.41, 5.74) is 5.47. The van der Waals surface area contributed by atoms with Crippen LogP contribution in [0.25, 0.3) is 0 Å². The molecule has 0 fully saturated rings. The van der Waals surface area contributed by atoms with Gasteiger partial charge in [0.25, 0.3) is 5.91 Å². The van der Waals surface area contributed by atoms with Gasteiger partial charge in [0, 0.05) is 12.1 Å². The Morgan fingerprint density at radius 1 is 1.24 bits per heavy atom. The Labute approximate surface area is 122 Å². The van der Waals surface area contributed by atoms with Gasteiger partial charge in [-0.2, -0.15) is 0 Å². The smallest absolute Gasteiger partial charge is 0.258 e. The van der Waals surface area contributed by atoms with Crippen LogP contribution in [0.4, 0.5) is 0 Å². The molecule has 0 spiro atoms. The summed E-state index contributed by atoms with van der Waals surface area (Å²) in [7, 11) is 0. The molecule has 1 rings (SSSR count). The van der Waals surface area contributed by atoms with Crippen molar-refractivity contribution in [1.82, 2.24) is 10.6 Å². The van der Waals surface area contributed by atoms with E-state index in [0.29, 0.717) is 17.9 Å². The maximum atomic E-state index is 11.6. The van der Waals surface area contributed by atoms with Crippen molar-refractivity contribution in [3.8, 4) is 5.75 Å².